The van der Waals surface area contributed by atoms with E-state index in [4.69, 9.17) is 4.74 Å². The molecule has 0 bridgehead atoms. The van der Waals surface area contributed by atoms with Crippen LogP contribution in [0.25, 0.3) is 0 Å². The largest absolute Gasteiger partial charge is 0.497 e. The molecule has 1 heterocycles. The third kappa shape index (κ3) is 3.64. The van der Waals surface area contributed by atoms with Crippen molar-refractivity contribution in [3.05, 3.63) is 59.7 Å². The SMILES string of the molecule is COc1cccc(CN2CCN(c3ccc(F)cc3F)C(=O)C2C)c1. The van der Waals surface area contributed by atoms with Crippen molar-refractivity contribution in [3.63, 3.8) is 0 Å². The highest BCUT2D eigenvalue weighted by Gasteiger charge is 2.33. The molecular formula is C19H20F2N2O2. The van der Waals surface area contributed by atoms with Gasteiger partial charge in [-0.05, 0) is 36.8 Å². The van der Waals surface area contributed by atoms with Crippen LogP contribution >= 0.6 is 0 Å². The lowest BCUT2D eigenvalue weighted by atomic mass is 10.1. The molecule has 132 valence electrons. The summed E-state index contributed by atoms with van der Waals surface area (Å²) in [6.45, 7) is 3.36. The quantitative estimate of drug-likeness (QED) is 0.852. The average Bonchev–Trinajstić information content (AvgIpc) is 2.60. The summed E-state index contributed by atoms with van der Waals surface area (Å²) in [6, 6.07) is 10.6. The lowest BCUT2D eigenvalue weighted by Crippen LogP contribution is -2.55. The normalized spacial score (nSPS) is 18.5. The Kier molecular flexibility index (Phi) is 4.99. The fraction of sp³-hybridized carbons (Fsp3) is 0.316. The van der Waals surface area contributed by atoms with Gasteiger partial charge in [-0.2, -0.15) is 0 Å². The number of methoxy groups -OCH3 is 1. The molecule has 0 N–H and O–H groups in total. The lowest BCUT2D eigenvalue weighted by molar-refractivity contribution is -0.125. The van der Waals surface area contributed by atoms with Gasteiger partial charge in [-0.1, -0.05) is 12.1 Å². The smallest absolute Gasteiger partial charge is 0.244 e. The van der Waals surface area contributed by atoms with Crippen LogP contribution in [-0.4, -0.2) is 37.0 Å². The maximum Gasteiger partial charge on any atom is 0.244 e. The van der Waals surface area contributed by atoms with Crippen molar-refractivity contribution in [1.82, 2.24) is 4.90 Å². The molecule has 0 aromatic heterocycles. The molecule has 3 rings (SSSR count). The first kappa shape index (κ1) is 17.4. The van der Waals surface area contributed by atoms with Crippen LogP contribution in [0.2, 0.25) is 0 Å². The number of rotatable bonds is 4. The minimum atomic E-state index is -0.721. The zero-order chi connectivity index (χ0) is 18.0. The van der Waals surface area contributed by atoms with Crippen LogP contribution in [0.3, 0.4) is 0 Å². The maximum absolute atomic E-state index is 14.0. The number of hydrogen-bond acceptors (Lipinski definition) is 3. The van der Waals surface area contributed by atoms with Crippen LogP contribution in [-0.2, 0) is 11.3 Å². The lowest BCUT2D eigenvalue weighted by Gasteiger charge is -2.39. The van der Waals surface area contributed by atoms with Gasteiger partial charge in [0.15, 0.2) is 0 Å². The van der Waals surface area contributed by atoms with Crippen molar-refractivity contribution in [3.8, 4) is 5.75 Å². The van der Waals surface area contributed by atoms with E-state index in [1.807, 2.05) is 29.2 Å². The third-order valence-corrected chi connectivity index (χ3v) is 4.50. The summed E-state index contributed by atoms with van der Waals surface area (Å²) in [4.78, 5) is 16.1. The van der Waals surface area contributed by atoms with E-state index in [9.17, 15) is 13.6 Å². The molecule has 6 heteroatoms. The molecule has 0 spiro atoms. The van der Waals surface area contributed by atoms with Crippen molar-refractivity contribution >= 4 is 11.6 Å². The van der Waals surface area contributed by atoms with Gasteiger partial charge < -0.3 is 9.64 Å². The zero-order valence-electron chi connectivity index (χ0n) is 14.2. The minimum Gasteiger partial charge on any atom is -0.497 e. The number of hydrogen-bond donors (Lipinski definition) is 0. The Morgan fingerprint density at radius 3 is 2.68 bits per heavy atom. The molecule has 4 nitrogen and oxygen atoms in total. The molecule has 1 saturated heterocycles. The maximum atomic E-state index is 14.0. The third-order valence-electron chi connectivity index (χ3n) is 4.50. The van der Waals surface area contributed by atoms with Gasteiger partial charge in [-0.25, -0.2) is 8.78 Å². The molecule has 1 aliphatic heterocycles. The Labute approximate surface area is 145 Å². The van der Waals surface area contributed by atoms with E-state index in [0.29, 0.717) is 19.6 Å². The Bertz CT molecular complexity index is 782. The van der Waals surface area contributed by atoms with E-state index < -0.39 is 17.7 Å². The van der Waals surface area contributed by atoms with E-state index in [1.165, 1.54) is 17.0 Å². The molecule has 1 aliphatic rings. The second kappa shape index (κ2) is 7.19. The van der Waals surface area contributed by atoms with Crippen LogP contribution in [0.5, 0.6) is 5.75 Å². The van der Waals surface area contributed by atoms with E-state index >= 15 is 0 Å². The highest BCUT2D eigenvalue weighted by molar-refractivity contribution is 5.97. The standard InChI is InChI=1S/C19H20F2N2O2/c1-13-19(24)23(18-7-6-15(20)11-17(18)21)9-8-22(13)12-14-4-3-5-16(10-14)25-2/h3-7,10-11,13H,8-9,12H2,1-2H3. The number of anilines is 1. The van der Waals surface area contributed by atoms with Gasteiger partial charge in [-0.3, -0.25) is 9.69 Å². The van der Waals surface area contributed by atoms with Gasteiger partial charge in [0.05, 0.1) is 18.8 Å². The summed E-state index contributed by atoms with van der Waals surface area (Å²) in [7, 11) is 1.61. The Morgan fingerprint density at radius 1 is 1.16 bits per heavy atom. The molecule has 1 unspecified atom stereocenters. The molecule has 0 saturated carbocycles. The van der Waals surface area contributed by atoms with E-state index in [2.05, 4.69) is 0 Å². The average molecular weight is 346 g/mol. The van der Waals surface area contributed by atoms with E-state index in [-0.39, 0.29) is 11.6 Å². The topological polar surface area (TPSA) is 32.8 Å². The molecule has 2 aromatic carbocycles. The van der Waals surface area contributed by atoms with Crippen LogP contribution in [0.15, 0.2) is 42.5 Å². The number of nitrogens with zero attached hydrogens (tertiary/aromatic N) is 2. The number of ether oxygens (including phenoxy) is 1. The van der Waals surface area contributed by atoms with Gasteiger partial charge in [-0.15, -0.1) is 0 Å². The summed E-state index contributed by atoms with van der Waals surface area (Å²) in [5.74, 6) is -0.802. The number of carbonyl (C=O) groups excluding carboxylic acids is 1. The highest BCUT2D eigenvalue weighted by Crippen LogP contribution is 2.25. The number of carbonyl (C=O) groups is 1. The minimum absolute atomic E-state index is 0.124. The van der Waals surface area contributed by atoms with Crippen molar-refractivity contribution < 1.29 is 18.3 Å². The number of benzene rings is 2. The summed E-state index contributed by atoms with van der Waals surface area (Å²) in [5.41, 5.74) is 1.17. The molecule has 0 radical (unpaired) electrons. The van der Waals surface area contributed by atoms with Crippen molar-refractivity contribution in [2.45, 2.75) is 19.5 Å². The van der Waals surface area contributed by atoms with Crippen LogP contribution in [0.4, 0.5) is 14.5 Å². The van der Waals surface area contributed by atoms with E-state index in [0.717, 1.165) is 17.4 Å². The van der Waals surface area contributed by atoms with Crippen LogP contribution in [0.1, 0.15) is 12.5 Å². The van der Waals surface area contributed by atoms with Gasteiger partial charge >= 0.3 is 0 Å². The first-order valence-corrected chi connectivity index (χ1v) is 8.13. The van der Waals surface area contributed by atoms with Crippen LogP contribution in [0, 0.1) is 11.6 Å². The Morgan fingerprint density at radius 2 is 1.96 bits per heavy atom. The second-order valence-electron chi connectivity index (χ2n) is 6.08. The summed E-state index contributed by atoms with van der Waals surface area (Å²) in [6.07, 6.45) is 0. The van der Waals surface area contributed by atoms with E-state index in [1.54, 1.807) is 14.0 Å². The summed E-state index contributed by atoms with van der Waals surface area (Å²) in [5, 5.41) is 0. The van der Waals surface area contributed by atoms with Gasteiger partial charge in [0.25, 0.3) is 0 Å². The molecule has 0 aliphatic carbocycles. The fourth-order valence-electron chi connectivity index (χ4n) is 3.07. The fourth-order valence-corrected chi connectivity index (χ4v) is 3.07. The Hall–Kier alpha value is -2.47. The van der Waals surface area contributed by atoms with Crippen molar-refractivity contribution in [1.29, 1.82) is 0 Å². The van der Waals surface area contributed by atoms with Crippen molar-refractivity contribution in [2.24, 2.45) is 0 Å². The zero-order valence-corrected chi connectivity index (χ0v) is 14.2. The number of halogens is 2. The molecular weight excluding hydrogens is 326 g/mol. The number of amides is 1. The van der Waals surface area contributed by atoms with Crippen molar-refractivity contribution in [2.75, 3.05) is 25.1 Å². The van der Waals surface area contributed by atoms with Gasteiger partial charge in [0.1, 0.15) is 17.4 Å². The molecule has 1 amide bonds. The highest BCUT2D eigenvalue weighted by atomic mass is 19.1. The summed E-state index contributed by atoms with van der Waals surface area (Å²) < 4.78 is 32.3. The molecule has 1 atom stereocenters. The predicted molar refractivity (Wildman–Crippen MR) is 91.6 cm³/mol. The Balaban J connectivity index is 1.74. The monoisotopic (exact) mass is 346 g/mol. The molecule has 2 aromatic rings. The summed E-state index contributed by atoms with van der Waals surface area (Å²) >= 11 is 0. The molecule has 1 fully saturated rings. The van der Waals surface area contributed by atoms with Gasteiger partial charge in [0.2, 0.25) is 5.91 Å². The first-order valence-electron chi connectivity index (χ1n) is 8.13. The predicted octanol–water partition coefficient (Wildman–Crippen LogP) is 3.21. The van der Waals surface area contributed by atoms with Crippen LogP contribution < -0.4 is 9.64 Å². The molecule has 25 heavy (non-hydrogen) atoms. The first-order chi connectivity index (χ1) is 12.0. The van der Waals surface area contributed by atoms with Gasteiger partial charge in [0, 0.05) is 25.7 Å². The number of piperazine rings is 1. The second-order valence-corrected chi connectivity index (χ2v) is 6.08.